The summed E-state index contributed by atoms with van der Waals surface area (Å²) in [5, 5.41) is 0.622. The smallest absolute Gasteiger partial charge is 0.308 e. The number of ether oxygens (including phenoxy) is 1. The number of carbonyl (C=O) groups excluding carboxylic acids is 1. The average Bonchev–Trinajstić information content (AvgIpc) is 2.15. The molecule has 0 saturated carbocycles. The summed E-state index contributed by atoms with van der Waals surface area (Å²) in [6.07, 6.45) is 1.10. The third kappa shape index (κ3) is 2.00. The van der Waals surface area contributed by atoms with Crippen molar-refractivity contribution in [3.8, 4) is 5.75 Å². The molecule has 0 radical (unpaired) electrons. The molecule has 0 N–H and O–H groups in total. The first kappa shape index (κ1) is 10.5. The van der Waals surface area contributed by atoms with Gasteiger partial charge in [-0.25, -0.2) is 9.37 Å². The van der Waals surface area contributed by atoms with Gasteiger partial charge in [0, 0.05) is 12.3 Å². The van der Waals surface area contributed by atoms with E-state index in [2.05, 4.69) is 4.98 Å². The lowest BCUT2D eigenvalue weighted by Gasteiger charge is -2.06. The zero-order valence-corrected chi connectivity index (χ0v) is 8.95. The van der Waals surface area contributed by atoms with E-state index >= 15 is 0 Å². The topological polar surface area (TPSA) is 39.2 Å². The van der Waals surface area contributed by atoms with Crippen LogP contribution in [0.25, 0.3) is 10.9 Å². The summed E-state index contributed by atoms with van der Waals surface area (Å²) in [4.78, 5) is 14.8. The monoisotopic (exact) mass is 219 g/mol. The Morgan fingerprint density at radius 1 is 1.38 bits per heavy atom. The molecule has 0 aliphatic carbocycles. The molecule has 2 aromatic rings. The second-order valence-electron chi connectivity index (χ2n) is 3.58. The van der Waals surface area contributed by atoms with Crippen LogP contribution in [0.1, 0.15) is 12.5 Å². The van der Waals surface area contributed by atoms with E-state index in [0.717, 1.165) is 11.8 Å². The summed E-state index contributed by atoms with van der Waals surface area (Å²) in [7, 11) is 0. The van der Waals surface area contributed by atoms with Crippen molar-refractivity contribution in [1.82, 2.24) is 4.98 Å². The predicted octanol–water partition coefficient (Wildman–Crippen LogP) is 2.61. The number of carbonyl (C=O) groups is 1. The number of nitrogens with zero attached hydrogens (tertiary/aromatic N) is 1. The van der Waals surface area contributed by atoms with Gasteiger partial charge in [-0.15, -0.1) is 0 Å². The number of fused-ring (bicyclic) bond motifs is 1. The van der Waals surface area contributed by atoms with Gasteiger partial charge in [-0.1, -0.05) is 0 Å². The Labute approximate surface area is 91.9 Å². The Balaban J connectivity index is 2.67. The van der Waals surface area contributed by atoms with Gasteiger partial charge in [0.1, 0.15) is 11.3 Å². The number of rotatable bonds is 1. The molecule has 82 valence electrons. The number of hydrogen-bond acceptors (Lipinski definition) is 3. The summed E-state index contributed by atoms with van der Waals surface area (Å²) in [5.74, 6) is -0.465. The van der Waals surface area contributed by atoms with Crippen LogP contribution < -0.4 is 4.74 Å². The summed E-state index contributed by atoms with van der Waals surface area (Å²) in [6.45, 7) is 3.16. The van der Waals surface area contributed by atoms with Crippen molar-refractivity contribution in [2.24, 2.45) is 0 Å². The quantitative estimate of drug-likeness (QED) is 0.546. The van der Waals surface area contributed by atoms with Crippen LogP contribution in [0, 0.1) is 12.7 Å². The molecule has 2 rings (SSSR count). The summed E-state index contributed by atoms with van der Waals surface area (Å²) < 4.78 is 18.0. The first-order valence-corrected chi connectivity index (χ1v) is 4.80. The number of aromatic nitrogens is 1. The summed E-state index contributed by atoms with van der Waals surface area (Å²) in [6, 6.07) is 4.86. The second-order valence-corrected chi connectivity index (χ2v) is 3.58. The number of esters is 1. The molecule has 0 amide bonds. The number of pyridine rings is 1. The van der Waals surface area contributed by atoms with E-state index < -0.39 is 11.8 Å². The van der Waals surface area contributed by atoms with Crippen molar-refractivity contribution in [3.63, 3.8) is 0 Å². The summed E-state index contributed by atoms with van der Waals surface area (Å²) in [5.41, 5.74) is 1.37. The Morgan fingerprint density at radius 2 is 2.12 bits per heavy atom. The van der Waals surface area contributed by atoms with E-state index in [-0.39, 0.29) is 0 Å². The lowest BCUT2D eigenvalue weighted by molar-refractivity contribution is -0.131. The van der Waals surface area contributed by atoms with Gasteiger partial charge in [0.05, 0.1) is 6.20 Å². The molecule has 0 unspecified atom stereocenters. The van der Waals surface area contributed by atoms with Crippen LogP contribution in [0.3, 0.4) is 0 Å². The number of hydrogen-bond donors (Lipinski definition) is 0. The van der Waals surface area contributed by atoms with Crippen molar-refractivity contribution in [2.75, 3.05) is 0 Å². The van der Waals surface area contributed by atoms with Crippen LogP contribution in [0.5, 0.6) is 5.75 Å². The SMILES string of the molecule is CC(=O)Oc1cc(C)cc2cc(F)cnc12. The average molecular weight is 219 g/mol. The Bertz CT molecular complexity index is 561. The second kappa shape index (κ2) is 3.89. The molecule has 16 heavy (non-hydrogen) atoms. The zero-order valence-electron chi connectivity index (χ0n) is 8.95. The summed E-state index contributed by atoms with van der Waals surface area (Å²) >= 11 is 0. The largest absolute Gasteiger partial charge is 0.424 e. The van der Waals surface area contributed by atoms with Gasteiger partial charge < -0.3 is 4.74 Å². The van der Waals surface area contributed by atoms with E-state index in [1.54, 1.807) is 12.1 Å². The van der Waals surface area contributed by atoms with Gasteiger partial charge in [-0.3, -0.25) is 4.79 Å². The Hall–Kier alpha value is -1.97. The van der Waals surface area contributed by atoms with E-state index in [1.165, 1.54) is 13.0 Å². The van der Waals surface area contributed by atoms with Crippen LogP contribution in [0.15, 0.2) is 24.4 Å². The van der Waals surface area contributed by atoms with E-state index in [1.807, 2.05) is 6.92 Å². The minimum atomic E-state index is -0.418. The fourth-order valence-electron chi connectivity index (χ4n) is 1.57. The molecule has 0 spiro atoms. The van der Waals surface area contributed by atoms with Crippen molar-refractivity contribution in [3.05, 3.63) is 35.8 Å². The highest BCUT2D eigenvalue weighted by atomic mass is 19.1. The molecule has 1 aromatic carbocycles. The van der Waals surface area contributed by atoms with Gasteiger partial charge in [0.15, 0.2) is 5.75 Å². The van der Waals surface area contributed by atoms with Crippen LogP contribution in [-0.4, -0.2) is 11.0 Å². The first-order valence-electron chi connectivity index (χ1n) is 4.80. The Morgan fingerprint density at radius 3 is 2.81 bits per heavy atom. The molecule has 3 nitrogen and oxygen atoms in total. The minimum absolute atomic E-state index is 0.363. The van der Waals surface area contributed by atoms with Crippen molar-refractivity contribution in [1.29, 1.82) is 0 Å². The van der Waals surface area contributed by atoms with Crippen LogP contribution in [0.2, 0.25) is 0 Å². The molecule has 0 fully saturated rings. The molecule has 0 aliphatic rings. The zero-order chi connectivity index (χ0) is 11.7. The standard InChI is InChI=1S/C12H10FNO2/c1-7-3-9-5-10(13)6-14-12(9)11(4-7)16-8(2)15/h3-6H,1-2H3. The lowest BCUT2D eigenvalue weighted by Crippen LogP contribution is -2.02. The molecule has 1 aromatic heterocycles. The maximum atomic E-state index is 13.0. The highest BCUT2D eigenvalue weighted by Gasteiger charge is 2.08. The third-order valence-corrected chi connectivity index (χ3v) is 2.11. The molecular formula is C12H10FNO2. The Kier molecular flexibility index (Phi) is 2.56. The number of benzene rings is 1. The fourth-order valence-corrected chi connectivity index (χ4v) is 1.57. The van der Waals surface area contributed by atoms with Gasteiger partial charge in [0.25, 0.3) is 0 Å². The molecule has 1 heterocycles. The van der Waals surface area contributed by atoms with Crippen LogP contribution in [0.4, 0.5) is 4.39 Å². The van der Waals surface area contributed by atoms with E-state index in [4.69, 9.17) is 4.74 Å². The minimum Gasteiger partial charge on any atom is -0.424 e. The highest BCUT2D eigenvalue weighted by Crippen LogP contribution is 2.26. The van der Waals surface area contributed by atoms with Crippen LogP contribution >= 0.6 is 0 Å². The molecule has 0 aliphatic heterocycles. The highest BCUT2D eigenvalue weighted by molar-refractivity contribution is 5.87. The van der Waals surface area contributed by atoms with Crippen molar-refractivity contribution < 1.29 is 13.9 Å². The number of aryl methyl sites for hydroxylation is 1. The maximum absolute atomic E-state index is 13.0. The molecule has 0 saturated heterocycles. The van der Waals surface area contributed by atoms with Gasteiger partial charge in [-0.05, 0) is 30.7 Å². The number of halogens is 1. The van der Waals surface area contributed by atoms with Gasteiger partial charge in [-0.2, -0.15) is 0 Å². The molecule has 0 bridgehead atoms. The van der Waals surface area contributed by atoms with E-state index in [0.29, 0.717) is 16.7 Å². The fraction of sp³-hybridized carbons (Fsp3) is 0.167. The maximum Gasteiger partial charge on any atom is 0.308 e. The van der Waals surface area contributed by atoms with E-state index in [9.17, 15) is 9.18 Å². The van der Waals surface area contributed by atoms with Crippen molar-refractivity contribution in [2.45, 2.75) is 13.8 Å². The lowest BCUT2D eigenvalue weighted by atomic mass is 10.1. The van der Waals surface area contributed by atoms with Gasteiger partial charge >= 0.3 is 5.97 Å². The third-order valence-electron chi connectivity index (χ3n) is 2.11. The molecule has 0 atom stereocenters. The normalized spacial score (nSPS) is 10.4. The molecule has 4 heteroatoms. The van der Waals surface area contributed by atoms with Crippen LogP contribution in [-0.2, 0) is 4.79 Å². The molecular weight excluding hydrogens is 209 g/mol. The first-order chi connectivity index (χ1) is 7.56. The van der Waals surface area contributed by atoms with Gasteiger partial charge in [0.2, 0.25) is 0 Å². The van der Waals surface area contributed by atoms with Crippen molar-refractivity contribution >= 4 is 16.9 Å². The predicted molar refractivity (Wildman–Crippen MR) is 57.7 cm³/mol.